The van der Waals surface area contributed by atoms with Gasteiger partial charge in [-0.05, 0) is 24.6 Å². The maximum Gasteiger partial charge on any atom is 0.406 e. The van der Waals surface area contributed by atoms with E-state index >= 15 is 0 Å². The number of nitrogens with one attached hydrogen (secondary N) is 1. The van der Waals surface area contributed by atoms with Gasteiger partial charge >= 0.3 is 12.2 Å². The molecule has 0 aliphatic rings. The minimum atomic E-state index is -4.41. The highest BCUT2D eigenvalue weighted by Gasteiger charge is 2.32. The van der Waals surface area contributed by atoms with E-state index in [1.165, 1.54) is 6.92 Å². The zero-order valence-corrected chi connectivity index (χ0v) is 10.5. The van der Waals surface area contributed by atoms with Gasteiger partial charge in [0.15, 0.2) is 0 Å². The van der Waals surface area contributed by atoms with E-state index in [2.05, 4.69) is 5.32 Å². The van der Waals surface area contributed by atoms with Gasteiger partial charge in [-0.25, -0.2) is 4.79 Å². The fraction of sp³-hybridized carbons (Fsp3) is 0.417. The van der Waals surface area contributed by atoms with Crippen LogP contribution in [0.2, 0.25) is 0 Å². The highest BCUT2D eigenvalue weighted by atomic mass is 19.4. The Balaban J connectivity index is 2.71. The second-order valence-corrected chi connectivity index (χ2v) is 3.96. The normalized spacial score (nSPS) is 11.2. The molecule has 4 nitrogen and oxygen atoms in total. The standard InChI is InChI=1S/C12H16F3N3O/c1-2-18(8-12(13,14)15)11(19)17-10-5-3-4-9(6-10)7-16/h3-6H,2,7-8,16H2,1H3,(H,17,19). The van der Waals surface area contributed by atoms with Gasteiger partial charge in [-0.1, -0.05) is 12.1 Å². The zero-order chi connectivity index (χ0) is 14.5. The molecule has 0 radical (unpaired) electrons. The molecule has 0 saturated heterocycles. The highest BCUT2D eigenvalue weighted by molar-refractivity contribution is 5.89. The number of rotatable bonds is 4. The number of hydrogen-bond donors (Lipinski definition) is 2. The second kappa shape index (κ2) is 6.42. The van der Waals surface area contributed by atoms with Crippen LogP contribution in [0.4, 0.5) is 23.7 Å². The first-order valence-electron chi connectivity index (χ1n) is 5.77. The summed E-state index contributed by atoms with van der Waals surface area (Å²) in [6.45, 7) is 0.485. The van der Waals surface area contributed by atoms with Crippen LogP contribution in [0.5, 0.6) is 0 Å². The Morgan fingerprint density at radius 3 is 2.63 bits per heavy atom. The van der Waals surface area contributed by atoms with Gasteiger partial charge in [0.05, 0.1) is 0 Å². The number of halogens is 3. The van der Waals surface area contributed by atoms with Crippen LogP contribution in [-0.2, 0) is 6.54 Å². The average Bonchev–Trinajstić information content (AvgIpc) is 2.35. The summed E-state index contributed by atoms with van der Waals surface area (Å²) >= 11 is 0. The van der Waals surface area contributed by atoms with Crippen LogP contribution in [0.25, 0.3) is 0 Å². The number of hydrogen-bond acceptors (Lipinski definition) is 2. The third-order valence-corrected chi connectivity index (χ3v) is 2.45. The van der Waals surface area contributed by atoms with E-state index in [0.717, 1.165) is 5.56 Å². The molecule has 1 aromatic carbocycles. The molecule has 0 aliphatic carbocycles. The number of amides is 2. The van der Waals surface area contributed by atoms with Gasteiger partial charge in [-0.15, -0.1) is 0 Å². The molecule has 106 valence electrons. The topological polar surface area (TPSA) is 58.4 Å². The van der Waals surface area contributed by atoms with Gasteiger partial charge in [-0.2, -0.15) is 13.2 Å². The summed E-state index contributed by atoms with van der Waals surface area (Å²) in [6, 6.07) is 5.88. The number of anilines is 1. The van der Waals surface area contributed by atoms with E-state index in [9.17, 15) is 18.0 Å². The van der Waals surface area contributed by atoms with Crippen LogP contribution in [-0.4, -0.2) is 30.2 Å². The number of alkyl halides is 3. The quantitative estimate of drug-likeness (QED) is 0.887. The third-order valence-electron chi connectivity index (χ3n) is 2.45. The van der Waals surface area contributed by atoms with E-state index in [4.69, 9.17) is 5.73 Å². The molecule has 1 rings (SSSR count). The Kier molecular flexibility index (Phi) is 5.17. The molecule has 1 aromatic rings. The monoisotopic (exact) mass is 275 g/mol. The molecule has 0 unspecified atom stereocenters. The number of carbonyl (C=O) groups excluding carboxylic acids is 1. The van der Waals surface area contributed by atoms with Crippen LogP contribution in [0.3, 0.4) is 0 Å². The van der Waals surface area contributed by atoms with Crippen molar-refractivity contribution in [2.24, 2.45) is 5.73 Å². The molecule has 0 spiro atoms. The van der Waals surface area contributed by atoms with E-state index < -0.39 is 18.8 Å². The molecule has 0 heterocycles. The van der Waals surface area contributed by atoms with Crippen molar-refractivity contribution < 1.29 is 18.0 Å². The minimum absolute atomic E-state index is 0.0259. The Morgan fingerprint density at radius 2 is 2.11 bits per heavy atom. The Hall–Kier alpha value is -1.76. The molecular weight excluding hydrogens is 259 g/mol. The predicted octanol–water partition coefficient (Wildman–Crippen LogP) is 2.56. The van der Waals surface area contributed by atoms with Crippen LogP contribution < -0.4 is 11.1 Å². The molecule has 0 aliphatic heterocycles. The fourth-order valence-electron chi connectivity index (χ4n) is 1.52. The average molecular weight is 275 g/mol. The van der Waals surface area contributed by atoms with E-state index in [1.54, 1.807) is 24.3 Å². The molecule has 2 amide bonds. The van der Waals surface area contributed by atoms with Crippen molar-refractivity contribution in [3.8, 4) is 0 Å². The lowest BCUT2D eigenvalue weighted by molar-refractivity contribution is -0.139. The van der Waals surface area contributed by atoms with Gasteiger partial charge in [0, 0.05) is 18.8 Å². The van der Waals surface area contributed by atoms with Crippen molar-refractivity contribution in [1.82, 2.24) is 4.90 Å². The summed E-state index contributed by atoms with van der Waals surface area (Å²) in [5.41, 5.74) is 6.66. The smallest absolute Gasteiger partial charge is 0.326 e. The van der Waals surface area contributed by atoms with Gasteiger partial charge in [0.1, 0.15) is 6.54 Å². The summed E-state index contributed by atoms with van der Waals surface area (Å²) in [6.07, 6.45) is -4.41. The Morgan fingerprint density at radius 1 is 1.42 bits per heavy atom. The summed E-state index contributed by atoms with van der Waals surface area (Å²) in [5, 5.41) is 2.42. The molecule has 7 heteroatoms. The number of carbonyl (C=O) groups is 1. The maximum absolute atomic E-state index is 12.3. The predicted molar refractivity (Wildman–Crippen MR) is 66.7 cm³/mol. The summed E-state index contributed by atoms with van der Waals surface area (Å²) < 4.78 is 36.8. The molecule has 0 atom stereocenters. The van der Waals surface area contributed by atoms with Crippen molar-refractivity contribution in [1.29, 1.82) is 0 Å². The van der Waals surface area contributed by atoms with Crippen LogP contribution in [0.1, 0.15) is 12.5 Å². The Labute approximate surface area is 109 Å². The summed E-state index contributed by atoms with van der Waals surface area (Å²) in [5.74, 6) is 0. The molecule has 0 aromatic heterocycles. The highest BCUT2D eigenvalue weighted by Crippen LogP contribution is 2.17. The molecule has 3 N–H and O–H groups in total. The zero-order valence-electron chi connectivity index (χ0n) is 10.5. The van der Waals surface area contributed by atoms with Gasteiger partial charge in [-0.3, -0.25) is 0 Å². The van der Waals surface area contributed by atoms with E-state index in [0.29, 0.717) is 17.1 Å². The van der Waals surface area contributed by atoms with Gasteiger partial charge in [0.2, 0.25) is 0 Å². The van der Waals surface area contributed by atoms with Crippen LogP contribution >= 0.6 is 0 Å². The lowest BCUT2D eigenvalue weighted by Crippen LogP contribution is -2.41. The first kappa shape index (κ1) is 15.3. The fourth-order valence-corrected chi connectivity index (χ4v) is 1.52. The van der Waals surface area contributed by atoms with Crippen molar-refractivity contribution in [2.75, 3.05) is 18.4 Å². The van der Waals surface area contributed by atoms with Crippen molar-refractivity contribution in [2.45, 2.75) is 19.6 Å². The number of nitrogens with zero attached hydrogens (tertiary/aromatic N) is 1. The molecule has 0 saturated carbocycles. The molecular formula is C12H16F3N3O. The summed E-state index contributed by atoms with van der Waals surface area (Å²) in [7, 11) is 0. The van der Waals surface area contributed by atoms with E-state index in [1.807, 2.05) is 0 Å². The second-order valence-electron chi connectivity index (χ2n) is 3.96. The SMILES string of the molecule is CCN(CC(F)(F)F)C(=O)Nc1cccc(CN)c1. The molecule has 0 fully saturated rings. The third kappa shape index (κ3) is 5.17. The maximum atomic E-state index is 12.3. The lowest BCUT2D eigenvalue weighted by atomic mass is 10.2. The van der Waals surface area contributed by atoms with Gasteiger partial charge < -0.3 is 16.0 Å². The molecule has 0 bridgehead atoms. The van der Waals surface area contributed by atoms with Crippen molar-refractivity contribution in [3.63, 3.8) is 0 Å². The Bertz CT molecular complexity index is 434. The summed E-state index contributed by atoms with van der Waals surface area (Å²) in [4.78, 5) is 12.4. The van der Waals surface area contributed by atoms with Crippen LogP contribution in [0.15, 0.2) is 24.3 Å². The van der Waals surface area contributed by atoms with Crippen molar-refractivity contribution >= 4 is 11.7 Å². The first-order chi connectivity index (χ1) is 8.85. The number of benzene rings is 1. The number of urea groups is 1. The van der Waals surface area contributed by atoms with Gasteiger partial charge in [0.25, 0.3) is 0 Å². The largest absolute Gasteiger partial charge is 0.406 e. The lowest BCUT2D eigenvalue weighted by Gasteiger charge is -2.22. The minimum Gasteiger partial charge on any atom is -0.326 e. The first-order valence-corrected chi connectivity index (χ1v) is 5.77. The molecule has 19 heavy (non-hydrogen) atoms. The number of nitrogens with two attached hydrogens (primary N) is 1. The van der Waals surface area contributed by atoms with E-state index in [-0.39, 0.29) is 6.54 Å². The van der Waals surface area contributed by atoms with Crippen molar-refractivity contribution in [3.05, 3.63) is 29.8 Å². The van der Waals surface area contributed by atoms with Crippen LogP contribution in [0, 0.1) is 0 Å².